The molecule has 1 aromatic heterocycles. The average Bonchev–Trinajstić information content (AvgIpc) is 3.15. The van der Waals surface area contributed by atoms with Crippen molar-refractivity contribution in [2.75, 3.05) is 23.7 Å². The number of benzene rings is 2. The topological polar surface area (TPSA) is 64.8 Å². The third-order valence-corrected chi connectivity index (χ3v) is 5.20. The van der Waals surface area contributed by atoms with Crippen molar-refractivity contribution < 1.29 is 0 Å². The van der Waals surface area contributed by atoms with Crippen LogP contribution in [0.3, 0.4) is 0 Å². The Morgan fingerprint density at radius 3 is 2.54 bits per heavy atom. The maximum atomic E-state index is 4.09. The second-order valence-corrected chi connectivity index (χ2v) is 7.11. The van der Waals surface area contributed by atoms with E-state index in [1.54, 1.807) is 0 Å². The molecule has 1 heterocycles. The first-order valence-electron chi connectivity index (χ1n) is 9.59. The number of aromatic nitrogens is 2. The fourth-order valence-electron chi connectivity index (χ4n) is 3.75. The largest absolute Gasteiger partial charge is 0.384 e. The number of nitrogens with one attached hydrogen (secondary N) is 4. The van der Waals surface area contributed by atoms with Gasteiger partial charge in [-0.15, -0.1) is 0 Å². The van der Waals surface area contributed by atoms with Gasteiger partial charge in [-0.1, -0.05) is 18.2 Å². The van der Waals surface area contributed by atoms with Crippen LogP contribution in [0.25, 0.3) is 10.9 Å². The van der Waals surface area contributed by atoms with Crippen LogP contribution in [0.2, 0.25) is 0 Å². The molecule has 0 bridgehead atoms. The van der Waals surface area contributed by atoms with Crippen molar-refractivity contribution in [2.45, 2.75) is 37.8 Å². The van der Waals surface area contributed by atoms with Gasteiger partial charge in [0.2, 0.25) is 0 Å². The van der Waals surface area contributed by atoms with Crippen molar-refractivity contribution in [3.63, 3.8) is 0 Å². The predicted molar refractivity (Wildman–Crippen MR) is 109 cm³/mol. The molecule has 26 heavy (non-hydrogen) atoms. The minimum Gasteiger partial charge on any atom is -0.384 e. The third kappa shape index (κ3) is 4.35. The van der Waals surface area contributed by atoms with Gasteiger partial charge in [0.05, 0.1) is 11.7 Å². The Labute approximate surface area is 154 Å². The quantitative estimate of drug-likeness (QED) is 0.487. The summed E-state index contributed by atoms with van der Waals surface area (Å²) in [5.41, 5.74) is 3.48. The van der Waals surface area contributed by atoms with E-state index in [1.807, 2.05) is 12.3 Å². The van der Waals surface area contributed by atoms with Gasteiger partial charge >= 0.3 is 0 Å². The van der Waals surface area contributed by atoms with Gasteiger partial charge in [-0.25, -0.2) is 0 Å². The Morgan fingerprint density at radius 1 is 0.885 bits per heavy atom. The molecule has 4 N–H and O–H groups in total. The standard InChI is InChI=1S/C21H27N5/c1-2-4-17(5-3-1)22-12-13-23-18-6-8-19(9-7-18)25-20-10-11-21-16(14-20)15-24-26-21/h1-5,10-11,14-15,18-19,22-23,25H,6-9,12-13H2,(H,24,26)/t18-,19-. The van der Waals surface area contributed by atoms with Crippen LogP contribution in [0.15, 0.2) is 54.7 Å². The second-order valence-electron chi connectivity index (χ2n) is 7.11. The second kappa shape index (κ2) is 8.23. The Bertz CT molecular complexity index is 805. The number of anilines is 2. The number of rotatable bonds is 7. The van der Waals surface area contributed by atoms with E-state index in [9.17, 15) is 0 Å². The number of H-pyrrole nitrogens is 1. The lowest BCUT2D eigenvalue weighted by Crippen LogP contribution is -2.38. The van der Waals surface area contributed by atoms with Crippen LogP contribution in [0.5, 0.6) is 0 Å². The number of hydrogen-bond donors (Lipinski definition) is 4. The fourth-order valence-corrected chi connectivity index (χ4v) is 3.75. The Kier molecular flexibility index (Phi) is 5.36. The van der Waals surface area contributed by atoms with E-state index in [4.69, 9.17) is 0 Å². The molecular weight excluding hydrogens is 322 g/mol. The summed E-state index contributed by atoms with van der Waals surface area (Å²) in [4.78, 5) is 0. The maximum Gasteiger partial charge on any atom is 0.0651 e. The van der Waals surface area contributed by atoms with Crippen molar-refractivity contribution in [3.05, 3.63) is 54.7 Å². The van der Waals surface area contributed by atoms with E-state index < -0.39 is 0 Å². The van der Waals surface area contributed by atoms with Crippen molar-refractivity contribution in [1.29, 1.82) is 0 Å². The molecular formula is C21H27N5. The van der Waals surface area contributed by atoms with E-state index in [0.29, 0.717) is 12.1 Å². The van der Waals surface area contributed by atoms with Crippen molar-refractivity contribution in [2.24, 2.45) is 0 Å². The highest BCUT2D eigenvalue weighted by Crippen LogP contribution is 2.24. The van der Waals surface area contributed by atoms with Gasteiger partial charge in [0.15, 0.2) is 0 Å². The van der Waals surface area contributed by atoms with Crippen LogP contribution in [0.1, 0.15) is 25.7 Å². The zero-order valence-corrected chi connectivity index (χ0v) is 15.0. The number of para-hydroxylation sites is 1. The first-order valence-corrected chi connectivity index (χ1v) is 9.59. The summed E-state index contributed by atoms with van der Waals surface area (Å²) < 4.78 is 0. The summed E-state index contributed by atoms with van der Waals surface area (Å²) in [5.74, 6) is 0. The van der Waals surface area contributed by atoms with Crippen LogP contribution in [-0.4, -0.2) is 35.4 Å². The molecule has 1 aliphatic carbocycles. The first kappa shape index (κ1) is 16.9. The van der Waals surface area contributed by atoms with Gasteiger partial charge in [0, 0.05) is 41.9 Å². The van der Waals surface area contributed by atoms with E-state index in [2.05, 4.69) is 68.6 Å². The van der Waals surface area contributed by atoms with Crippen molar-refractivity contribution in [3.8, 4) is 0 Å². The molecule has 1 aliphatic rings. The van der Waals surface area contributed by atoms with Crippen molar-refractivity contribution in [1.82, 2.24) is 15.5 Å². The molecule has 5 heteroatoms. The lowest BCUT2D eigenvalue weighted by Gasteiger charge is -2.30. The minimum atomic E-state index is 0.569. The van der Waals surface area contributed by atoms with Gasteiger partial charge in [0.1, 0.15) is 0 Å². The van der Waals surface area contributed by atoms with Gasteiger partial charge in [-0.05, 0) is 56.0 Å². The highest BCUT2D eigenvalue weighted by Gasteiger charge is 2.20. The minimum absolute atomic E-state index is 0.569. The average molecular weight is 349 g/mol. The summed E-state index contributed by atoms with van der Waals surface area (Å²) in [5, 5.41) is 19.1. The van der Waals surface area contributed by atoms with Crippen LogP contribution in [0, 0.1) is 0 Å². The molecule has 3 aromatic rings. The molecule has 0 radical (unpaired) electrons. The highest BCUT2D eigenvalue weighted by atomic mass is 15.1. The Hall–Kier alpha value is -2.53. The zero-order chi connectivity index (χ0) is 17.6. The smallest absolute Gasteiger partial charge is 0.0651 e. The van der Waals surface area contributed by atoms with Crippen LogP contribution in [0.4, 0.5) is 11.4 Å². The molecule has 4 rings (SSSR count). The molecule has 0 spiro atoms. The van der Waals surface area contributed by atoms with Crippen LogP contribution >= 0.6 is 0 Å². The van der Waals surface area contributed by atoms with Gasteiger partial charge in [0.25, 0.3) is 0 Å². The van der Waals surface area contributed by atoms with E-state index in [-0.39, 0.29) is 0 Å². The fraction of sp³-hybridized carbons (Fsp3) is 0.381. The molecule has 0 saturated heterocycles. The number of aromatic amines is 1. The number of hydrogen-bond acceptors (Lipinski definition) is 4. The molecule has 0 unspecified atom stereocenters. The monoisotopic (exact) mass is 349 g/mol. The molecule has 5 nitrogen and oxygen atoms in total. The molecule has 1 saturated carbocycles. The number of nitrogens with zero attached hydrogens (tertiary/aromatic N) is 1. The summed E-state index contributed by atoms with van der Waals surface area (Å²) in [6, 6.07) is 18.0. The molecule has 136 valence electrons. The Morgan fingerprint density at radius 2 is 1.69 bits per heavy atom. The molecule has 1 fully saturated rings. The maximum absolute atomic E-state index is 4.09. The van der Waals surface area contributed by atoms with Crippen LogP contribution < -0.4 is 16.0 Å². The van der Waals surface area contributed by atoms with E-state index >= 15 is 0 Å². The normalized spacial score (nSPS) is 20.2. The van der Waals surface area contributed by atoms with Crippen molar-refractivity contribution >= 4 is 22.3 Å². The van der Waals surface area contributed by atoms with Gasteiger partial charge in [-0.2, -0.15) is 5.10 Å². The third-order valence-electron chi connectivity index (χ3n) is 5.20. The molecule has 2 aromatic carbocycles. The Balaban J connectivity index is 1.17. The summed E-state index contributed by atoms with van der Waals surface area (Å²) in [6.07, 6.45) is 6.78. The first-order chi connectivity index (χ1) is 12.9. The molecule has 0 amide bonds. The lowest BCUT2D eigenvalue weighted by molar-refractivity contribution is 0.358. The lowest BCUT2D eigenvalue weighted by atomic mass is 9.91. The summed E-state index contributed by atoms with van der Waals surface area (Å²) in [7, 11) is 0. The SMILES string of the molecule is c1ccc(NCCN[C@H]2CC[C@H](Nc3ccc4[nH]ncc4c3)CC2)cc1. The van der Waals surface area contributed by atoms with E-state index in [1.165, 1.54) is 37.1 Å². The molecule has 0 aliphatic heterocycles. The van der Waals surface area contributed by atoms with E-state index in [0.717, 1.165) is 24.0 Å². The van der Waals surface area contributed by atoms with Gasteiger partial charge in [-0.3, -0.25) is 5.10 Å². The zero-order valence-electron chi connectivity index (χ0n) is 15.0. The summed E-state index contributed by atoms with van der Waals surface area (Å²) >= 11 is 0. The van der Waals surface area contributed by atoms with Crippen LogP contribution in [-0.2, 0) is 0 Å². The highest BCUT2D eigenvalue weighted by molar-refractivity contribution is 5.81. The van der Waals surface area contributed by atoms with Gasteiger partial charge < -0.3 is 16.0 Å². The number of fused-ring (bicyclic) bond motifs is 1. The summed E-state index contributed by atoms with van der Waals surface area (Å²) in [6.45, 7) is 1.97. The predicted octanol–water partition coefficient (Wildman–Crippen LogP) is 3.99. The molecule has 0 atom stereocenters.